The number of unbranched alkanes of at least 4 members (excludes halogenated alkanes) is 10. The number of rotatable bonds is 15. The van der Waals surface area contributed by atoms with E-state index in [1.807, 2.05) is 13.8 Å². The van der Waals surface area contributed by atoms with Crippen LogP contribution < -0.4 is 0 Å². The zero-order valence-electron chi connectivity index (χ0n) is 15.8. The number of esters is 1. The Kier molecular flexibility index (Phi) is 21.9. The normalized spacial score (nSPS) is 11.8. The van der Waals surface area contributed by atoms with Crippen LogP contribution in [0.4, 0.5) is 0 Å². The van der Waals surface area contributed by atoms with Gasteiger partial charge in [-0.2, -0.15) is 0 Å². The molecule has 0 heterocycles. The Balaban J connectivity index is 0. The monoisotopic (exact) mass is 321 g/mol. The van der Waals surface area contributed by atoms with E-state index in [1.165, 1.54) is 70.6 Å². The molecule has 0 aliphatic rings. The van der Waals surface area contributed by atoms with Gasteiger partial charge in [0, 0.05) is 36.0 Å². The van der Waals surface area contributed by atoms with Gasteiger partial charge in [0.05, 0.1) is 6.10 Å². The Morgan fingerprint density at radius 1 is 0.773 bits per heavy atom. The van der Waals surface area contributed by atoms with Crippen molar-refractivity contribution in [1.82, 2.24) is 0 Å². The Morgan fingerprint density at radius 3 is 1.68 bits per heavy atom. The summed E-state index contributed by atoms with van der Waals surface area (Å²) in [6.07, 6.45) is 17.6. The van der Waals surface area contributed by atoms with E-state index in [-0.39, 0.29) is 41.6 Å². The molecule has 0 spiro atoms. The number of hydrogen-bond donors (Lipinski definition) is 0. The fourth-order valence-electron chi connectivity index (χ4n) is 2.64. The van der Waals surface area contributed by atoms with E-state index in [4.69, 9.17) is 4.74 Å². The summed E-state index contributed by atoms with van der Waals surface area (Å²) in [5.41, 5.74) is 0. The van der Waals surface area contributed by atoms with Crippen molar-refractivity contribution in [3.05, 3.63) is 0 Å². The first-order valence-corrected chi connectivity index (χ1v) is 9.40. The molecule has 127 valence electrons. The number of hydrogen-bond acceptors (Lipinski definition) is 2. The van der Waals surface area contributed by atoms with Crippen LogP contribution in [0.5, 0.6) is 0 Å². The van der Waals surface area contributed by atoms with Gasteiger partial charge in [-0.15, -0.1) is 0 Å². The molecule has 1 radical (unpaired) electrons. The van der Waals surface area contributed by atoms with Gasteiger partial charge in [0.1, 0.15) is 0 Å². The third kappa shape index (κ3) is 18.5. The van der Waals surface area contributed by atoms with Gasteiger partial charge < -0.3 is 4.74 Å². The van der Waals surface area contributed by atoms with Crippen LogP contribution in [0.15, 0.2) is 0 Å². The molecule has 0 rings (SSSR count). The second-order valence-electron chi connectivity index (χ2n) is 6.37. The van der Waals surface area contributed by atoms with Crippen molar-refractivity contribution >= 4 is 35.5 Å². The Hall–Kier alpha value is 0.470. The molecule has 0 aromatic rings. The van der Waals surface area contributed by atoms with E-state index in [0.29, 0.717) is 6.42 Å². The second-order valence-corrected chi connectivity index (χ2v) is 6.37. The van der Waals surface area contributed by atoms with Gasteiger partial charge in [-0.05, 0) is 26.2 Å². The average molecular weight is 322 g/mol. The third-order valence-corrected chi connectivity index (χ3v) is 4.00. The van der Waals surface area contributed by atoms with Crippen LogP contribution in [0.1, 0.15) is 111 Å². The molecule has 0 saturated heterocycles. The molecule has 0 bridgehead atoms. The van der Waals surface area contributed by atoms with Crippen LogP contribution in [-0.4, -0.2) is 41.6 Å². The molecule has 0 saturated carbocycles. The molecule has 0 fully saturated rings. The molecule has 1 atom stereocenters. The van der Waals surface area contributed by atoms with Crippen molar-refractivity contribution in [2.75, 3.05) is 0 Å². The molecule has 0 aromatic heterocycles. The number of ether oxygens (including phenoxy) is 1. The maximum absolute atomic E-state index is 11.3. The predicted octanol–water partition coefficient (Wildman–Crippen LogP) is 6.04. The molecule has 1 unspecified atom stereocenters. The van der Waals surface area contributed by atoms with E-state index < -0.39 is 0 Å². The van der Waals surface area contributed by atoms with Gasteiger partial charge in [-0.3, -0.25) is 4.79 Å². The van der Waals surface area contributed by atoms with Gasteiger partial charge in [0.15, 0.2) is 0 Å². The van der Waals surface area contributed by atoms with E-state index in [1.54, 1.807) is 0 Å². The fraction of sp³-hybridized carbons (Fsp3) is 0.947. The van der Waals surface area contributed by atoms with Crippen molar-refractivity contribution in [2.24, 2.45) is 0 Å². The van der Waals surface area contributed by atoms with Crippen molar-refractivity contribution in [2.45, 2.75) is 117 Å². The molecule has 0 aliphatic heterocycles. The Bertz CT molecular complexity index is 231. The standard InChI is InChI=1S/C19H38O2.Na/c1-4-6-7-8-9-10-11-12-13-14-15-17-18(3)21-19(20)16-5-2;/h18H,4-17H2,1-3H3;. The molecule has 0 aliphatic carbocycles. The Labute approximate surface area is 161 Å². The van der Waals surface area contributed by atoms with Gasteiger partial charge in [-0.25, -0.2) is 0 Å². The van der Waals surface area contributed by atoms with Crippen LogP contribution in [0.25, 0.3) is 0 Å². The number of carbonyl (C=O) groups excluding carboxylic acids is 1. The van der Waals surface area contributed by atoms with Gasteiger partial charge in [-0.1, -0.05) is 78.1 Å². The molecule has 0 amide bonds. The summed E-state index contributed by atoms with van der Waals surface area (Å²) in [4.78, 5) is 11.3. The first-order chi connectivity index (χ1) is 10.2. The minimum atomic E-state index is -0.0342. The Morgan fingerprint density at radius 2 is 1.23 bits per heavy atom. The molecule has 22 heavy (non-hydrogen) atoms. The minimum Gasteiger partial charge on any atom is -0.463 e. The largest absolute Gasteiger partial charge is 0.463 e. The van der Waals surface area contributed by atoms with E-state index >= 15 is 0 Å². The second kappa shape index (κ2) is 19.5. The molecular weight excluding hydrogens is 283 g/mol. The van der Waals surface area contributed by atoms with Crippen LogP contribution in [-0.2, 0) is 9.53 Å². The summed E-state index contributed by atoms with van der Waals surface area (Å²) in [6.45, 7) is 6.30. The molecule has 3 heteroatoms. The summed E-state index contributed by atoms with van der Waals surface area (Å²) in [6, 6.07) is 0. The first-order valence-electron chi connectivity index (χ1n) is 9.40. The van der Waals surface area contributed by atoms with Crippen LogP contribution in [0.2, 0.25) is 0 Å². The van der Waals surface area contributed by atoms with Crippen molar-refractivity contribution in [3.63, 3.8) is 0 Å². The zero-order valence-corrected chi connectivity index (χ0v) is 17.8. The maximum Gasteiger partial charge on any atom is 0.306 e. The molecule has 2 nitrogen and oxygen atoms in total. The average Bonchev–Trinajstić information content (AvgIpc) is 2.45. The summed E-state index contributed by atoms with van der Waals surface area (Å²) >= 11 is 0. The summed E-state index contributed by atoms with van der Waals surface area (Å²) < 4.78 is 5.34. The van der Waals surface area contributed by atoms with Gasteiger partial charge in [0.25, 0.3) is 0 Å². The van der Waals surface area contributed by atoms with E-state index in [2.05, 4.69) is 6.92 Å². The van der Waals surface area contributed by atoms with Gasteiger partial charge >= 0.3 is 5.97 Å². The molecular formula is C19H38NaO2. The predicted molar refractivity (Wildman–Crippen MR) is 97.3 cm³/mol. The van der Waals surface area contributed by atoms with E-state index in [0.717, 1.165) is 12.8 Å². The van der Waals surface area contributed by atoms with Crippen LogP contribution in [0, 0.1) is 0 Å². The topological polar surface area (TPSA) is 26.3 Å². The third-order valence-electron chi connectivity index (χ3n) is 4.00. The van der Waals surface area contributed by atoms with Crippen molar-refractivity contribution in [1.29, 1.82) is 0 Å². The zero-order chi connectivity index (χ0) is 15.8. The first kappa shape index (κ1) is 24.7. The van der Waals surface area contributed by atoms with Crippen molar-refractivity contribution in [3.8, 4) is 0 Å². The summed E-state index contributed by atoms with van der Waals surface area (Å²) in [7, 11) is 0. The van der Waals surface area contributed by atoms with E-state index in [9.17, 15) is 4.79 Å². The quantitative estimate of drug-likeness (QED) is 0.209. The summed E-state index contributed by atoms with van der Waals surface area (Å²) in [5.74, 6) is -0.0342. The van der Waals surface area contributed by atoms with Crippen LogP contribution in [0.3, 0.4) is 0 Å². The minimum absolute atomic E-state index is 0. The van der Waals surface area contributed by atoms with Crippen molar-refractivity contribution < 1.29 is 9.53 Å². The SMILES string of the molecule is CCCCCCCCCCCCCC(C)OC(=O)CCC.[Na]. The van der Waals surface area contributed by atoms with Gasteiger partial charge in [0.2, 0.25) is 0 Å². The molecule has 0 aromatic carbocycles. The maximum atomic E-state index is 11.3. The fourth-order valence-corrected chi connectivity index (χ4v) is 2.64. The number of carbonyl (C=O) groups is 1. The smallest absolute Gasteiger partial charge is 0.306 e. The summed E-state index contributed by atoms with van der Waals surface area (Å²) in [5, 5.41) is 0. The van der Waals surface area contributed by atoms with Crippen LogP contribution >= 0.6 is 0 Å². The molecule has 0 N–H and O–H groups in total.